The van der Waals surface area contributed by atoms with Crippen LogP contribution in [0.25, 0.3) is 16.0 Å². The minimum atomic E-state index is -0.879. The van der Waals surface area contributed by atoms with Gasteiger partial charge in [-0.15, -0.1) is 0 Å². The van der Waals surface area contributed by atoms with Crippen molar-refractivity contribution < 1.29 is 19.4 Å². The third-order valence-corrected chi connectivity index (χ3v) is 7.45. The fourth-order valence-electron chi connectivity index (χ4n) is 4.29. The Bertz CT molecular complexity index is 1540. The number of amides is 1. The van der Waals surface area contributed by atoms with Gasteiger partial charge in [-0.2, -0.15) is 0 Å². The standard InChI is InChI=1S/C29H23ClN2O4S/c1-3-15-36-21-12-8-18(9-13-21)25-24(26(33)19-6-10-20(30)11-7-19)27(34)28(35)32(25)29-31-22-14-5-17(4-2)16-23(22)37-29/h3,5-14,16,25,33H,1,4,15H2,2H3/b26-24+/t25-/m0/s1. The highest BCUT2D eigenvalue weighted by Crippen LogP contribution is 2.44. The first-order chi connectivity index (χ1) is 17.9. The third-order valence-electron chi connectivity index (χ3n) is 6.18. The van der Waals surface area contributed by atoms with Crippen LogP contribution in [0.1, 0.15) is 29.7 Å². The molecule has 2 heterocycles. The number of ketones is 1. The summed E-state index contributed by atoms with van der Waals surface area (Å²) in [5.41, 5.74) is 2.90. The van der Waals surface area contributed by atoms with Crippen LogP contribution in [-0.2, 0) is 16.0 Å². The highest BCUT2D eigenvalue weighted by molar-refractivity contribution is 7.22. The van der Waals surface area contributed by atoms with E-state index in [1.54, 1.807) is 54.6 Å². The summed E-state index contributed by atoms with van der Waals surface area (Å²) >= 11 is 7.35. The van der Waals surface area contributed by atoms with Crippen LogP contribution < -0.4 is 9.64 Å². The fourth-order valence-corrected chi connectivity index (χ4v) is 5.47. The summed E-state index contributed by atoms with van der Waals surface area (Å²) in [6, 6.07) is 18.6. The van der Waals surface area contributed by atoms with Crippen LogP contribution in [0.2, 0.25) is 5.02 Å². The zero-order chi connectivity index (χ0) is 26.1. The first kappa shape index (κ1) is 24.7. The summed E-state index contributed by atoms with van der Waals surface area (Å²) < 4.78 is 6.51. The van der Waals surface area contributed by atoms with Crippen LogP contribution in [0.5, 0.6) is 5.75 Å². The molecule has 1 atom stereocenters. The average Bonchev–Trinajstić information content (AvgIpc) is 3.45. The second kappa shape index (κ2) is 10.2. The second-order valence-corrected chi connectivity index (χ2v) is 9.94. The molecule has 186 valence electrons. The predicted octanol–water partition coefficient (Wildman–Crippen LogP) is 6.70. The van der Waals surface area contributed by atoms with E-state index in [9.17, 15) is 14.7 Å². The Hall–Kier alpha value is -3.94. The van der Waals surface area contributed by atoms with E-state index in [0.717, 1.165) is 22.2 Å². The molecule has 1 saturated heterocycles. The largest absolute Gasteiger partial charge is 0.507 e. The molecule has 0 bridgehead atoms. The van der Waals surface area contributed by atoms with Gasteiger partial charge in [0.05, 0.1) is 21.8 Å². The van der Waals surface area contributed by atoms with Crippen molar-refractivity contribution in [1.29, 1.82) is 0 Å². The van der Waals surface area contributed by atoms with Gasteiger partial charge in [-0.1, -0.05) is 60.7 Å². The number of Topliss-reactive ketones (excluding diaryl/α,β-unsaturated/α-hetero) is 1. The van der Waals surface area contributed by atoms with Gasteiger partial charge in [0.25, 0.3) is 5.78 Å². The zero-order valence-corrected chi connectivity index (χ0v) is 21.6. The molecule has 1 aliphatic rings. The minimum Gasteiger partial charge on any atom is -0.507 e. The number of aliphatic hydroxyl groups excluding tert-OH is 1. The molecule has 1 aromatic heterocycles. The number of hydrogen-bond donors (Lipinski definition) is 1. The number of aryl methyl sites for hydroxylation is 1. The Balaban J connectivity index is 1.67. The number of hydrogen-bond acceptors (Lipinski definition) is 6. The fraction of sp³-hybridized carbons (Fsp3) is 0.138. The van der Waals surface area contributed by atoms with Crippen LogP contribution >= 0.6 is 22.9 Å². The average molecular weight is 531 g/mol. The van der Waals surface area contributed by atoms with E-state index in [2.05, 4.69) is 18.5 Å². The van der Waals surface area contributed by atoms with Crippen LogP contribution in [0.3, 0.4) is 0 Å². The van der Waals surface area contributed by atoms with E-state index in [1.165, 1.54) is 16.2 Å². The smallest absolute Gasteiger partial charge is 0.301 e. The van der Waals surface area contributed by atoms with Crippen molar-refractivity contribution in [1.82, 2.24) is 4.98 Å². The van der Waals surface area contributed by atoms with E-state index < -0.39 is 17.7 Å². The number of halogens is 1. The first-order valence-corrected chi connectivity index (χ1v) is 12.9. The van der Waals surface area contributed by atoms with Gasteiger partial charge >= 0.3 is 5.91 Å². The summed E-state index contributed by atoms with van der Waals surface area (Å²) in [5, 5.41) is 12.1. The summed E-state index contributed by atoms with van der Waals surface area (Å²) in [6.45, 7) is 6.07. The molecule has 1 aliphatic heterocycles. The summed E-state index contributed by atoms with van der Waals surface area (Å²) in [4.78, 5) is 32.9. The van der Waals surface area contributed by atoms with E-state index in [-0.39, 0.29) is 11.3 Å². The number of carbonyl (C=O) groups is 2. The van der Waals surface area contributed by atoms with Gasteiger partial charge in [-0.05, 0) is 66.1 Å². The Kier molecular flexibility index (Phi) is 6.82. The molecule has 1 amide bonds. The van der Waals surface area contributed by atoms with Crippen molar-refractivity contribution in [3.05, 3.63) is 107 Å². The Labute approximate surface area is 223 Å². The SMILES string of the molecule is C=CCOc1ccc([C@H]2/C(=C(\O)c3ccc(Cl)cc3)C(=O)C(=O)N2c2nc3ccc(CC)cc3s2)cc1. The van der Waals surface area contributed by atoms with Crippen LogP contribution in [0, 0.1) is 0 Å². The van der Waals surface area contributed by atoms with E-state index in [1.807, 2.05) is 18.2 Å². The van der Waals surface area contributed by atoms with Crippen LogP contribution in [0.4, 0.5) is 5.13 Å². The lowest BCUT2D eigenvalue weighted by molar-refractivity contribution is -0.132. The third kappa shape index (κ3) is 4.63. The molecule has 0 unspecified atom stereocenters. The van der Waals surface area contributed by atoms with Crippen molar-refractivity contribution in [2.75, 3.05) is 11.5 Å². The topological polar surface area (TPSA) is 79.7 Å². The van der Waals surface area contributed by atoms with Gasteiger partial charge in [0.2, 0.25) is 0 Å². The molecule has 8 heteroatoms. The van der Waals surface area contributed by atoms with Gasteiger partial charge in [0, 0.05) is 10.6 Å². The maximum absolute atomic E-state index is 13.4. The van der Waals surface area contributed by atoms with Gasteiger partial charge in [-0.25, -0.2) is 4.98 Å². The molecule has 1 fully saturated rings. The lowest BCUT2D eigenvalue weighted by Gasteiger charge is -2.23. The number of rotatable bonds is 7. The highest BCUT2D eigenvalue weighted by Gasteiger charge is 2.48. The molecule has 6 nitrogen and oxygen atoms in total. The number of nitrogens with zero attached hydrogens (tertiary/aromatic N) is 2. The highest BCUT2D eigenvalue weighted by atomic mass is 35.5. The number of aromatic nitrogens is 1. The Morgan fingerprint density at radius 1 is 1.14 bits per heavy atom. The number of thiazole rings is 1. The minimum absolute atomic E-state index is 0.0133. The summed E-state index contributed by atoms with van der Waals surface area (Å²) in [6.07, 6.45) is 2.51. The molecule has 37 heavy (non-hydrogen) atoms. The zero-order valence-electron chi connectivity index (χ0n) is 20.0. The monoisotopic (exact) mass is 530 g/mol. The van der Waals surface area contributed by atoms with Crippen molar-refractivity contribution in [3.63, 3.8) is 0 Å². The van der Waals surface area contributed by atoms with E-state index in [0.29, 0.717) is 33.6 Å². The number of ether oxygens (including phenoxy) is 1. The van der Waals surface area contributed by atoms with Gasteiger partial charge < -0.3 is 9.84 Å². The quantitative estimate of drug-likeness (QED) is 0.124. The maximum Gasteiger partial charge on any atom is 0.301 e. The molecular weight excluding hydrogens is 508 g/mol. The summed E-state index contributed by atoms with van der Waals surface area (Å²) in [7, 11) is 0. The number of benzene rings is 3. The molecule has 0 aliphatic carbocycles. The molecule has 5 rings (SSSR count). The molecule has 0 spiro atoms. The van der Waals surface area contributed by atoms with Gasteiger partial charge in [-0.3, -0.25) is 14.5 Å². The van der Waals surface area contributed by atoms with Crippen molar-refractivity contribution >= 4 is 55.7 Å². The Morgan fingerprint density at radius 2 is 1.86 bits per heavy atom. The number of carbonyl (C=O) groups excluding carboxylic acids is 2. The number of aliphatic hydroxyl groups is 1. The van der Waals surface area contributed by atoms with Crippen LogP contribution in [0.15, 0.2) is 85.0 Å². The van der Waals surface area contributed by atoms with Crippen molar-refractivity contribution in [2.45, 2.75) is 19.4 Å². The molecule has 0 radical (unpaired) electrons. The molecule has 1 N–H and O–H groups in total. The molecule has 0 saturated carbocycles. The van der Waals surface area contributed by atoms with Gasteiger partial charge in [0.15, 0.2) is 5.13 Å². The van der Waals surface area contributed by atoms with E-state index in [4.69, 9.17) is 16.3 Å². The first-order valence-electron chi connectivity index (χ1n) is 11.7. The number of anilines is 1. The second-order valence-electron chi connectivity index (χ2n) is 8.50. The predicted molar refractivity (Wildman–Crippen MR) is 147 cm³/mol. The van der Waals surface area contributed by atoms with Crippen molar-refractivity contribution in [2.24, 2.45) is 0 Å². The summed E-state index contributed by atoms with van der Waals surface area (Å²) in [5.74, 6) is -1.19. The normalized spacial score (nSPS) is 16.9. The molecular formula is C29H23ClN2O4S. The molecule has 4 aromatic rings. The lowest BCUT2D eigenvalue weighted by Crippen LogP contribution is -2.29. The Morgan fingerprint density at radius 3 is 2.54 bits per heavy atom. The van der Waals surface area contributed by atoms with Crippen LogP contribution in [-0.4, -0.2) is 28.4 Å². The van der Waals surface area contributed by atoms with E-state index >= 15 is 0 Å². The number of fused-ring (bicyclic) bond motifs is 1. The maximum atomic E-state index is 13.4. The lowest BCUT2D eigenvalue weighted by atomic mass is 9.95. The van der Waals surface area contributed by atoms with Gasteiger partial charge in [0.1, 0.15) is 18.1 Å². The molecule has 3 aromatic carbocycles. The van der Waals surface area contributed by atoms with Crippen molar-refractivity contribution in [3.8, 4) is 5.75 Å².